The molecule has 2 N–H and O–H groups in total. The quantitative estimate of drug-likeness (QED) is 0.845. The van der Waals surface area contributed by atoms with Crippen molar-refractivity contribution in [1.29, 1.82) is 0 Å². The fourth-order valence-corrected chi connectivity index (χ4v) is 1.62. The zero-order chi connectivity index (χ0) is 10.7. The molecule has 0 aliphatic rings. The first kappa shape index (κ1) is 10.2. The normalized spacial score (nSPS) is 12.9. The Labute approximate surface area is 90.7 Å². The highest BCUT2D eigenvalue weighted by molar-refractivity contribution is 7.09. The summed E-state index contributed by atoms with van der Waals surface area (Å²) in [6.45, 7) is 2.06. The topological polar surface area (TPSA) is 90.7 Å². The van der Waals surface area contributed by atoms with Gasteiger partial charge in [0.2, 0.25) is 0 Å². The molecule has 1 unspecified atom stereocenters. The van der Waals surface area contributed by atoms with Crippen molar-refractivity contribution in [2.24, 2.45) is 5.73 Å². The lowest BCUT2D eigenvalue weighted by Gasteiger charge is -2.02. The Bertz CT molecular complexity index is 412. The second-order valence-corrected chi connectivity index (χ2v) is 3.92. The van der Waals surface area contributed by atoms with Gasteiger partial charge in [-0.05, 0) is 18.0 Å². The molecule has 0 aromatic carbocycles. The summed E-state index contributed by atoms with van der Waals surface area (Å²) in [5.74, 6) is 0.979. The Morgan fingerprint density at radius 3 is 3.13 bits per heavy atom. The fourth-order valence-electron chi connectivity index (χ4n) is 1.19. The van der Waals surface area contributed by atoms with Crippen molar-refractivity contribution in [2.45, 2.75) is 25.8 Å². The molecule has 2 rings (SSSR count). The third-order valence-corrected chi connectivity index (χ3v) is 2.60. The minimum atomic E-state index is -0.159. The molecule has 2 heterocycles. The lowest BCUT2D eigenvalue weighted by Crippen LogP contribution is -2.11. The molecule has 1 atom stereocenters. The molecule has 6 nitrogen and oxygen atoms in total. The van der Waals surface area contributed by atoms with Gasteiger partial charge in [0.15, 0.2) is 5.82 Å². The lowest BCUT2D eigenvalue weighted by molar-refractivity contribution is 0.414. The predicted octanol–water partition coefficient (Wildman–Crippen LogP) is 1.39. The molecule has 0 saturated heterocycles. The van der Waals surface area contributed by atoms with Gasteiger partial charge in [0.1, 0.15) is 4.88 Å². The fraction of sp³-hybridized carbons (Fsp3) is 0.500. The van der Waals surface area contributed by atoms with Crippen LogP contribution in [0.2, 0.25) is 0 Å². The van der Waals surface area contributed by atoms with Crippen LogP contribution in [-0.4, -0.2) is 19.7 Å². The zero-order valence-electron chi connectivity index (χ0n) is 8.25. The molecule has 0 bridgehead atoms. The van der Waals surface area contributed by atoms with Gasteiger partial charge in [0.25, 0.3) is 5.89 Å². The van der Waals surface area contributed by atoms with E-state index in [0.717, 1.165) is 17.7 Å². The van der Waals surface area contributed by atoms with Crippen LogP contribution in [0.5, 0.6) is 0 Å². The van der Waals surface area contributed by atoms with E-state index < -0.39 is 0 Å². The van der Waals surface area contributed by atoms with Crippen molar-refractivity contribution in [3.05, 3.63) is 12.0 Å². The Kier molecular flexibility index (Phi) is 3.02. The third kappa shape index (κ3) is 2.18. The monoisotopic (exact) mass is 225 g/mol. The van der Waals surface area contributed by atoms with Gasteiger partial charge in [-0.2, -0.15) is 4.98 Å². The average Bonchev–Trinajstić information content (AvgIpc) is 2.89. The van der Waals surface area contributed by atoms with Crippen molar-refractivity contribution < 1.29 is 4.52 Å². The van der Waals surface area contributed by atoms with Crippen LogP contribution in [0.15, 0.2) is 10.7 Å². The molecule has 2 aromatic heterocycles. The molecule has 80 valence electrons. The van der Waals surface area contributed by atoms with E-state index in [-0.39, 0.29) is 6.04 Å². The van der Waals surface area contributed by atoms with E-state index in [1.807, 2.05) is 0 Å². The third-order valence-electron chi connectivity index (χ3n) is 1.95. The van der Waals surface area contributed by atoms with Crippen LogP contribution >= 0.6 is 11.5 Å². The summed E-state index contributed by atoms with van der Waals surface area (Å²) in [5, 5.41) is 7.53. The lowest BCUT2D eigenvalue weighted by atomic mass is 10.2. The Morgan fingerprint density at radius 1 is 1.60 bits per heavy atom. The minimum absolute atomic E-state index is 0.159. The second kappa shape index (κ2) is 4.45. The molecule has 2 aromatic rings. The highest BCUT2D eigenvalue weighted by atomic mass is 32.1. The van der Waals surface area contributed by atoms with Crippen LogP contribution in [-0.2, 0) is 0 Å². The smallest absolute Gasteiger partial charge is 0.271 e. The van der Waals surface area contributed by atoms with Gasteiger partial charge < -0.3 is 10.3 Å². The van der Waals surface area contributed by atoms with Crippen LogP contribution in [0.3, 0.4) is 0 Å². The number of hydrogen-bond acceptors (Lipinski definition) is 7. The van der Waals surface area contributed by atoms with E-state index in [4.69, 9.17) is 10.3 Å². The van der Waals surface area contributed by atoms with Crippen LogP contribution in [0.25, 0.3) is 10.8 Å². The van der Waals surface area contributed by atoms with Gasteiger partial charge in [-0.15, -0.1) is 5.10 Å². The van der Waals surface area contributed by atoms with E-state index in [0.29, 0.717) is 11.7 Å². The molecular weight excluding hydrogens is 214 g/mol. The van der Waals surface area contributed by atoms with Crippen molar-refractivity contribution in [3.63, 3.8) is 0 Å². The van der Waals surface area contributed by atoms with Gasteiger partial charge in [0, 0.05) is 0 Å². The Balaban J connectivity index is 2.17. The number of aromatic nitrogens is 4. The first-order valence-electron chi connectivity index (χ1n) is 4.68. The minimum Gasteiger partial charge on any atom is -0.333 e. The molecule has 0 aliphatic heterocycles. The number of rotatable bonds is 4. The van der Waals surface area contributed by atoms with Crippen LogP contribution < -0.4 is 5.73 Å². The largest absolute Gasteiger partial charge is 0.333 e. The molecule has 15 heavy (non-hydrogen) atoms. The zero-order valence-corrected chi connectivity index (χ0v) is 9.07. The number of nitrogens with two attached hydrogens (primary N) is 1. The molecule has 0 fully saturated rings. The Hall–Kier alpha value is -1.34. The van der Waals surface area contributed by atoms with Crippen molar-refractivity contribution in [1.82, 2.24) is 19.7 Å². The predicted molar refractivity (Wildman–Crippen MR) is 55.0 cm³/mol. The first-order valence-corrected chi connectivity index (χ1v) is 5.45. The summed E-state index contributed by atoms with van der Waals surface area (Å²) in [4.78, 5) is 4.96. The van der Waals surface area contributed by atoms with Gasteiger partial charge >= 0.3 is 0 Å². The van der Waals surface area contributed by atoms with E-state index in [1.54, 1.807) is 6.20 Å². The molecule has 0 aliphatic carbocycles. The van der Waals surface area contributed by atoms with Crippen LogP contribution in [0.1, 0.15) is 31.6 Å². The highest BCUT2D eigenvalue weighted by Crippen LogP contribution is 2.21. The highest BCUT2D eigenvalue weighted by Gasteiger charge is 2.15. The van der Waals surface area contributed by atoms with Crippen molar-refractivity contribution in [3.8, 4) is 10.8 Å². The molecule has 0 saturated carbocycles. The van der Waals surface area contributed by atoms with Gasteiger partial charge in [-0.1, -0.05) is 23.0 Å². The molecule has 0 radical (unpaired) electrons. The van der Waals surface area contributed by atoms with Crippen molar-refractivity contribution >= 4 is 11.5 Å². The van der Waals surface area contributed by atoms with E-state index in [2.05, 4.69) is 26.7 Å². The first-order chi connectivity index (χ1) is 7.31. The molecular formula is C8H11N5OS. The summed E-state index contributed by atoms with van der Waals surface area (Å²) in [6.07, 6.45) is 3.43. The Morgan fingerprint density at radius 2 is 2.47 bits per heavy atom. The maximum Gasteiger partial charge on any atom is 0.271 e. The van der Waals surface area contributed by atoms with E-state index in [1.165, 1.54) is 11.5 Å². The van der Waals surface area contributed by atoms with Crippen molar-refractivity contribution in [2.75, 3.05) is 0 Å². The summed E-state index contributed by atoms with van der Waals surface area (Å²) in [7, 11) is 0. The maximum absolute atomic E-state index is 5.86. The molecule has 7 heteroatoms. The molecule has 0 spiro atoms. The van der Waals surface area contributed by atoms with Gasteiger partial charge in [-0.3, -0.25) is 0 Å². The number of nitrogens with zero attached hydrogens (tertiary/aromatic N) is 4. The average molecular weight is 225 g/mol. The SMILES string of the molecule is CCCC(N)c1noc(-c2cnns2)n1. The maximum atomic E-state index is 5.86. The van der Waals surface area contributed by atoms with E-state index in [9.17, 15) is 0 Å². The summed E-state index contributed by atoms with van der Waals surface area (Å²) in [6, 6.07) is -0.159. The summed E-state index contributed by atoms with van der Waals surface area (Å²) < 4.78 is 8.79. The number of hydrogen-bond donors (Lipinski definition) is 1. The molecule has 0 amide bonds. The van der Waals surface area contributed by atoms with E-state index >= 15 is 0 Å². The van der Waals surface area contributed by atoms with Crippen LogP contribution in [0, 0.1) is 0 Å². The van der Waals surface area contributed by atoms with Gasteiger partial charge in [-0.25, -0.2) is 0 Å². The van der Waals surface area contributed by atoms with Gasteiger partial charge in [0.05, 0.1) is 12.2 Å². The standard InChI is InChI=1S/C8H11N5OS/c1-2-3-5(9)7-11-8(14-12-7)6-4-10-13-15-6/h4-5H,2-3,9H2,1H3. The van der Waals surface area contributed by atoms with Crippen LogP contribution in [0.4, 0.5) is 0 Å². The second-order valence-electron chi connectivity index (χ2n) is 3.13. The summed E-state index contributed by atoms with van der Waals surface area (Å²) >= 11 is 1.22. The summed E-state index contributed by atoms with van der Waals surface area (Å²) in [5.41, 5.74) is 5.86.